The third kappa shape index (κ3) is 4.45. The maximum atomic E-state index is 12.6. The van der Waals surface area contributed by atoms with Gasteiger partial charge < -0.3 is 20.1 Å². The molecule has 0 aromatic heterocycles. The van der Waals surface area contributed by atoms with Gasteiger partial charge in [-0.2, -0.15) is 0 Å². The number of benzene rings is 2. The molecule has 2 aromatic carbocycles. The molecule has 2 aliphatic carbocycles. The van der Waals surface area contributed by atoms with Gasteiger partial charge in [-0.25, -0.2) is 9.59 Å². The molecule has 0 heterocycles. The summed E-state index contributed by atoms with van der Waals surface area (Å²) in [5.41, 5.74) is 3.60. The van der Waals surface area contributed by atoms with Crippen LogP contribution in [-0.4, -0.2) is 53.7 Å². The van der Waals surface area contributed by atoms with E-state index < -0.39 is 17.6 Å². The van der Waals surface area contributed by atoms with Crippen molar-refractivity contribution in [1.29, 1.82) is 0 Å². The van der Waals surface area contributed by atoms with E-state index in [1.807, 2.05) is 31.2 Å². The van der Waals surface area contributed by atoms with Gasteiger partial charge >= 0.3 is 12.1 Å². The van der Waals surface area contributed by atoms with Crippen molar-refractivity contribution in [2.45, 2.75) is 44.1 Å². The van der Waals surface area contributed by atoms with Crippen LogP contribution in [0.15, 0.2) is 48.5 Å². The van der Waals surface area contributed by atoms with Crippen LogP contribution in [-0.2, 0) is 14.3 Å². The molecule has 1 atom stereocenters. The molecule has 2 aromatic rings. The summed E-state index contributed by atoms with van der Waals surface area (Å²) < 4.78 is 5.56. The smallest absolute Gasteiger partial charge is 0.407 e. The molecule has 2 N–H and O–H groups in total. The highest BCUT2D eigenvalue weighted by Crippen LogP contribution is 2.44. The Morgan fingerprint density at radius 3 is 2.18 bits per heavy atom. The predicted molar refractivity (Wildman–Crippen MR) is 124 cm³/mol. The molecule has 2 amide bonds. The number of carbonyl (C=O) groups excluding carboxylic acids is 2. The summed E-state index contributed by atoms with van der Waals surface area (Å²) >= 11 is 0. The van der Waals surface area contributed by atoms with Crippen LogP contribution in [0.5, 0.6) is 0 Å². The van der Waals surface area contributed by atoms with Gasteiger partial charge in [0.05, 0.1) is 0 Å². The van der Waals surface area contributed by atoms with E-state index in [-0.39, 0.29) is 30.8 Å². The predicted octanol–water partition coefficient (Wildman–Crippen LogP) is 4.02. The Bertz CT molecular complexity index is 1020. The minimum absolute atomic E-state index is 0.00824. The summed E-state index contributed by atoms with van der Waals surface area (Å²) in [6.45, 7) is 2.48. The molecule has 1 fully saturated rings. The van der Waals surface area contributed by atoms with Crippen molar-refractivity contribution in [3.05, 3.63) is 59.7 Å². The average molecular weight is 451 g/mol. The zero-order chi connectivity index (χ0) is 23.6. The van der Waals surface area contributed by atoms with Gasteiger partial charge in [0.1, 0.15) is 12.1 Å². The van der Waals surface area contributed by atoms with Crippen LogP contribution in [0.25, 0.3) is 11.1 Å². The molecular weight excluding hydrogens is 420 g/mol. The molecule has 7 nitrogen and oxygen atoms in total. The summed E-state index contributed by atoms with van der Waals surface area (Å²) in [6.07, 6.45) is 1.33. The van der Waals surface area contributed by atoms with Gasteiger partial charge in [-0.3, -0.25) is 4.79 Å². The van der Waals surface area contributed by atoms with E-state index in [9.17, 15) is 19.5 Å². The quantitative estimate of drug-likeness (QED) is 0.602. The van der Waals surface area contributed by atoms with Crippen molar-refractivity contribution >= 4 is 18.0 Å². The topological polar surface area (TPSA) is 95.9 Å². The first-order chi connectivity index (χ1) is 15.9. The molecule has 0 bridgehead atoms. The number of hydrogen-bond acceptors (Lipinski definition) is 4. The molecule has 0 spiro atoms. The fourth-order valence-corrected chi connectivity index (χ4v) is 4.67. The number of ether oxygens (including phenoxy) is 1. The van der Waals surface area contributed by atoms with Crippen LogP contribution >= 0.6 is 0 Å². The summed E-state index contributed by atoms with van der Waals surface area (Å²) in [4.78, 5) is 37.8. The van der Waals surface area contributed by atoms with Crippen LogP contribution in [0.1, 0.15) is 49.7 Å². The average Bonchev–Trinajstić information content (AvgIpc) is 3.58. The number of fused-ring (bicyclic) bond motifs is 3. The van der Waals surface area contributed by atoms with E-state index in [4.69, 9.17) is 4.74 Å². The van der Waals surface area contributed by atoms with E-state index in [0.717, 1.165) is 11.1 Å². The van der Waals surface area contributed by atoms with Gasteiger partial charge in [0, 0.05) is 25.9 Å². The second kappa shape index (κ2) is 9.25. The molecule has 174 valence electrons. The number of alkyl carbamates (subject to hydrolysis) is 1. The number of hydrogen-bond donors (Lipinski definition) is 2. The van der Waals surface area contributed by atoms with Gasteiger partial charge in [-0.1, -0.05) is 61.9 Å². The zero-order valence-electron chi connectivity index (χ0n) is 19.0. The number of nitrogens with zero attached hydrogens (tertiary/aromatic N) is 1. The SMILES string of the molecule is CCC(CNC(=O)OCC1c2ccccc2-c2ccccc21)CC(=O)N(C)C1(C(=O)O)CC1. The lowest BCUT2D eigenvalue weighted by atomic mass is 9.98. The maximum Gasteiger partial charge on any atom is 0.407 e. The largest absolute Gasteiger partial charge is 0.479 e. The first kappa shape index (κ1) is 22.8. The van der Waals surface area contributed by atoms with Crippen LogP contribution in [0, 0.1) is 5.92 Å². The minimum Gasteiger partial charge on any atom is -0.479 e. The summed E-state index contributed by atoms with van der Waals surface area (Å²) in [5, 5.41) is 12.2. The van der Waals surface area contributed by atoms with E-state index in [1.54, 1.807) is 7.05 Å². The lowest BCUT2D eigenvalue weighted by Gasteiger charge is -2.26. The Hall–Kier alpha value is -3.35. The first-order valence-electron chi connectivity index (χ1n) is 11.5. The van der Waals surface area contributed by atoms with E-state index in [0.29, 0.717) is 25.8 Å². The van der Waals surface area contributed by atoms with Crippen LogP contribution in [0.3, 0.4) is 0 Å². The number of likely N-dealkylation sites (N-methyl/N-ethyl adjacent to an activating group) is 1. The van der Waals surface area contributed by atoms with Crippen molar-refractivity contribution < 1.29 is 24.2 Å². The first-order valence-corrected chi connectivity index (χ1v) is 11.5. The summed E-state index contributed by atoms with van der Waals surface area (Å²) in [6, 6.07) is 16.3. The minimum atomic E-state index is -1.05. The third-order valence-electron chi connectivity index (χ3n) is 7.06. The highest BCUT2D eigenvalue weighted by molar-refractivity contribution is 5.89. The maximum absolute atomic E-state index is 12.6. The monoisotopic (exact) mass is 450 g/mol. The summed E-state index contributed by atoms with van der Waals surface area (Å²) in [5.74, 6) is -1.27. The zero-order valence-corrected chi connectivity index (χ0v) is 19.0. The van der Waals surface area contributed by atoms with E-state index in [2.05, 4.69) is 29.6 Å². The van der Waals surface area contributed by atoms with Crippen molar-refractivity contribution in [3.63, 3.8) is 0 Å². The Kier molecular flexibility index (Phi) is 6.40. The Morgan fingerprint density at radius 2 is 1.67 bits per heavy atom. The molecule has 7 heteroatoms. The van der Waals surface area contributed by atoms with Crippen molar-refractivity contribution in [3.8, 4) is 11.1 Å². The van der Waals surface area contributed by atoms with Crippen molar-refractivity contribution in [2.24, 2.45) is 5.92 Å². The molecule has 2 aliphatic rings. The molecule has 0 saturated heterocycles. The van der Waals surface area contributed by atoms with Gasteiger partial charge in [0.25, 0.3) is 0 Å². The number of carboxylic acids is 1. The molecule has 0 aliphatic heterocycles. The number of amides is 2. The lowest BCUT2D eigenvalue weighted by molar-refractivity contribution is -0.151. The number of carbonyl (C=O) groups is 3. The number of rotatable bonds is 9. The van der Waals surface area contributed by atoms with E-state index >= 15 is 0 Å². The molecule has 4 rings (SSSR count). The van der Waals surface area contributed by atoms with Gasteiger partial charge in [0.15, 0.2) is 0 Å². The Labute approximate surface area is 193 Å². The van der Waals surface area contributed by atoms with Crippen molar-refractivity contribution in [1.82, 2.24) is 10.2 Å². The number of nitrogens with one attached hydrogen (secondary N) is 1. The fourth-order valence-electron chi connectivity index (χ4n) is 4.67. The molecule has 1 unspecified atom stereocenters. The normalized spacial score (nSPS) is 16.3. The van der Waals surface area contributed by atoms with Crippen LogP contribution in [0.4, 0.5) is 4.79 Å². The van der Waals surface area contributed by atoms with Gasteiger partial charge in [0.2, 0.25) is 5.91 Å². The Morgan fingerprint density at radius 1 is 1.09 bits per heavy atom. The van der Waals surface area contributed by atoms with Crippen molar-refractivity contribution in [2.75, 3.05) is 20.2 Å². The molecule has 33 heavy (non-hydrogen) atoms. The van der Waals surface area contributed by atoms with Gasteiger partial charge in [-0.05, 0) is 41.0 Å². The number of aliphatic carboxylic acids is 1. The number of carboxylic acid groups (broad SMARTS) is 1. The van der Waals surface area contributed by atoms with Gasteiger partial charge in [-0.15, -0.1) is 0 Å². The highest BCUT2D eigenvalue weighted by atomic mass is 16.5. The second-order valence-electron chi connectivity index (χ2n) is 8.97. The Balaban J connectivity index is 1.30. The molecular formula is C26H30N2O5. The van der Waals surface area contributed by atoms with Crippen LogP contribution in [0.2, 0.25) is 0 Å². The van der Waals surface area contributed by atoms with Crippen LogP contribution < -0.4 is 5.32 Å². The summed E-state index contributed by atoms with van der Waals surface area (Å²) in [7, 11) is 1.55. The molecule has 1 saturated carbocycles. The fraction of sp³-hybridized carbons (Fsp3) is 0.423. The third-order valence-corrected chi connectivity index (χ3v) is 7.06. The lowest BCUT2D eigenvalue weighted by Crippen LogP contribution is -2.45. The van der Waals surface area contributed by atoms with E-state index in [1.165, 1.54) is 16.0 Å². The highest BCUT2D eigenvalue weighted by Gasteiger charge is 2.55. The second-order valence-corrected chi connectivity index (χ2v) is 8.97. The standard InChI is InChI=1S/C26H30N2O5/c1-3-17(14-23(29)28(2)26(12-13-26)24(30)31)15-27-25(32)33-16-22-20-10-6-4-8-18(20)19-9-5-7-11-21(19)22/h4-11,17,22H,3,12-16H2,1-2H3,(H,27,32)(H,30,31). The molecule has 0 radical (unpaired) electrons.